The van der Waals surface area contributed by atoms with E-state index in [0.29, 0.717) is 26.4 Å². The van der Waals surface area contributed by atoms with Crippen LogP contribution in [0.4, 0.5) is 16.2 Å². The van der Waals surface area contributed by atoms with Gasteiger partial charge in [0.2, 0.25) is 0 Å². The highest BCUT2D eigenvalue weighted by Crippen LogP contribution is 2.31. The van der Waals surface area contributed by atoms with Crippen LogP contribution in [0.3, 0.4) is 0 Å². The van der Waals surface area contributed by atoms with E-state index in [1.807, 2.05) is 0 Å². The zero-order chi connectivity index (χ0) is 14.7. The van der Waals surface area contributed by atoms with Crippen molar-refractivity contribution in [2.45, 2.75) is 0 Å². The first-order valence-electron chi connectivity index (χ1n) is 5.45. The number of amides is 2. The zero-order valence-electron chi connectivity index (χ0n) is 9.88. The van der Waals surface area contributed by atoms with Gasteiger partial charge in [0.25, 0.3) is 0 Å². The van der Waals surface area contributed by atoms with Gasteiger partial charge in [-0.05, 0) is 24.3 Å². The summed E-state index contributed by atoms with van der Waals surface area (Å²) in [6.45, 7) is 0. The maximum atomic E-state index is 11.9. The molecule has 3 nitrogen and oxygen atoms in total. The van der Waals surface area contributed by atoms with Gasteiger partial charge in [-0.1, -0.05) is 58.5 Å². The summed E-state index contributed by atoms with van der Waals surface area (Å²) in [5, 5.41) is 6.41. The van der Waals surface area contributed by atoms with Gasteiger partial charge >= 0.3 is 6.03 Å². The Hall–Kier alpha value is -1.13. The molecule has 0 heterocycles. The number of hydrogen-bond acceptors (Lipinski definition) is 1. The van der Waals surface area contributed by atoms with Gasteiger partial charge in [-0.2, -0.15) is 0 Å². The molecule has 0 atom stereocenters. The van der Waals surface area contributed by atoms with Crippen LogP contribution in [0.1, 0.15) is 0 Å². The molecule has 2 aromatic rings. The molecule has 0 aliphatic carbocycles. The number of urea groups is 1. The fourth-order valence-corrected chi connectivity index (χ4v) is 2.32. The Morgan fingerprint density at radius 1 is 0.800 bits per heavy atom. The fraction of sp³-hybridized carbons (Fsp3) is 0. The molecule has 0 aliphatic heterocycles. The molecule has 0 aliphatic rings. The summed E-state index contributed by atoms with van der Waals surface area (Å²) < 4.78 is 0. The smallest absolute Gasteiger partial charge is 0.306 e. The molecule has 104 valence electrons. The average Bonchev–Trinajstić information content (AvgIpc) is 2.39. The van der Waals surface area contributed by atoms with Crippen molar-refractivity contribution in [2.24, 2.45) is 0 Å². The highest BCUT2D eigenvalue weighted by Gasteiger charge is 2.11. The number of carbonyl (C=O) groups is 1. The summed E-state index contributed by atoms with van der Waals surface area (Å²) >= 11 is 23.8. The van der Waals surface area contributed by atoms with E-state index in [0.717, 1.165) is 0 Å². The minimum atomic E-state index is -0.524. The standard InChI is InChI=1S/C13H8Cl4N2O/c14-7-3-2-6-10(11(7)17)18-13(20)19-12-8(15)4-1-5-9(12)16/h1-6H,(H2,18,19,20). The van der Waals surface area contributed by atoms with Gasteiger partial charge in [0.05, 0.1) is 31.5 Å². The van der Waals surface area contributed by atoms with Crippen LogP contribution in [0.2, 0.25) is 20.1 Å². The summed E-state index contributed by atoms with van der Waals surface area (Å²) in [6, 6.07) is 9.32. The molecule has 0 fully saturated rings. The molecular formula is C13H8Cl4N2O. The Bertz CT molecular complexity index is 641. The van der Waals surface area contributed by atoms with Crippen LogP contribution in [0, 0.1) is 0 Å². The third-order valence-electron chi connectivity index (χ3n) is 2.40. The number of halogens is 4. The van der Waals surface area contributed by atoms with Crippen LogP contribution in [0.25, 0.3) is 0 Å². The Morgan fingerprint density at radius 2 is 1.35 bits per heavy atom. The second-order valence-corrected chi connectivity index (χ2v) is 5.38. The summed E-state index contributed by atoms with van der Waals surface area (Å²) in [5.74, 6) is 0. The molecule has 7 heteroatoms. The van der Waals surface area contributed by atoms with Crippen LogP contribution >= 0.6 is 46.4 Å². The number of hydrogen-bond donors (Lipinski definition) is 2. The Morgan fingerprint density at radius 3 is 2.00 bits per heavy atom. The van der Waals surface area contributed by atoms with Gasteiger partial charge in [0.15, 0.2) is 0 Å². The van der Waals surface area contributed by atoms with E-state index < -0.39 is 6.03 Å². The predicted octanol–water partition coefficient (Wildman–Crippen LogP) is 5.94. The van der Waals surface area contributed by atoms with Crippen molar-refractivity contribution in [3.05, 3.63) is 56.5 Å². The molecule has 2 N–H and O–H groups in total. The molecule has 2 aromatic carbocycles. The molecule has 2 amide bonds. The Balaban J connectivity index is 2.16. The molecule has 0 aromatic heterocycles. The second kappa shape index (κ2) is 6.55. The van der Waals surface area contributed by atoms with Gasteiger partial charge in [0.1, 0.15) is 0 Å². The normalized spacial score (nSPS) is 10.2. The first-order valence-corrected chi connectivity index (χ1v) is 6.96. The fourth-order valence-electron chi connectivity index (χ4n) is 1.48. The molecule has 2 rings (SSSR count). The second-order valence-electron chi connectivity index (χ2n) is 3.78. The molecule has 0 unspecified atom stereocenters. The molecule has 0 spiro atoms. The van der Waals surface area contributed by atoms with E-state index >= 15 is 0 Å². The predicted molar refractivity (Wildman–Crippen MR) is 85.6 cm³/mol. The van der Waals surface area contributed by atoms with Gasteiger partial charge in [-0.3, -0.25) is 0 Å². The van der Waals surface area contributed by atoms with Crippen LogP contribution in [0.5, 0.6) is 0 Å². The van der Waals surface area contributed by atoms with E-state index in [1.165, 1.54) is 0 Å². The topological polar surface area (TPSA) is 41.1 Å². The lowest BCUT2D eigenvalue weighted by molar-refractivity contribution is 0.262. The highest BCUT2D eigenvalue weighted by atomic mass is 35.5. The van der Waals surface area contributed by atoms with Crippen molar-refractivity contribution in [1.82, 2.24) is 0 Å². The van der Waals surface area contributed by atoms with E-state index in [9.17, 15) is 4.79 Å². The SMILES string of the molecule is O=C(Nc1cccc(Cl)c1Cl)Nc1c(Cl)cccc1Cl. The summed E-state index contributed by atoms with van der Waals surface area (Å²) in [4.78, 5) is 11.9. The van der Waals surface area contributed by atoms with Gasteiger partial charge < -0.3 is 10.6 Å². The first-order chi connectivity index (χ1) is 9.49. The number of nitrogens with one attached hydrogen (secondary N) is 2. The van der Waals surface area contributed by atoms with Crippen molar-refractivity contribution in [2.75, 3.05) is 10.6 Å². The van der Waals surface area contributed by atoms with Crippen molar-refractivity contribution >= 4 is 63.8 Å². The summed E-state index contributed by atoms with van der Waals surface area (Å²) in [7, 11) is 0. The largest absolute Gasteiger partial charge is 0.323 e. The minimum absolute atomic E-state index is 0.259. The summed E-state index contributed by atoms with van der Waals surface area (Å²) in [5.41, 5.74) is 0.714. The third-order valence-corrected chi connectivity index (χ3v) is 3.85. The number of benzene rings is 2. The monoisotopic (exact) mass is 348 g/mol. The van der Waals surface area contributed by atoms with Crippen LogP contribution < -0.4 is 10.6 Å². The van der Waals surface area contributed by atoms with Crippen molar-refractivity contribution in [1.29, 1.82) is 0 Å². The van der Waals surface area contributed by atoms with Gasteiger partial charge in [-0.15, -0.1) is 0 Å². The quantitative estimate of drug-likeness (QED) is 0.691. The maximum Gasteiger partial charge on any atom is 0.323 e. The average molecular weight is 350 g/mol. The van der Waals surface area contributed by atoms with Crippen molar-refractivity contribution in [3.8, 4) is 0 Å². The molecule has 0 bridgehead atoms. The molecule has 0 saturated carbocycles. The van der Waals surface area contributed by atoms with Crippen LogP contribution in [-0.4, -0.2) is 6.03 Å². The third kappa shape index (κ3) is 3.49. The summed E-state index contributed by atoms with van der Waals surface area (Å²) in [6.07, 6.45) is 0. The van der Waals surface area contributed by atoms with E-state index in [4.69, 9.17) is 46.4 Å². The zero-order valence-corrected chi connectivity index (χ0v) is 12.9. The molecular weight excluding hydrogens is 342 g/mol. The molecule has 20 heavy (non-hydrogen) atoms. The van der Waals surface area contributed by atoms with Crippen LogP contribution in [-0.2, 0) is 0 Å². The number of para-hydroxylation sites is 1. The number of rotatable bonds is 2. The van der Waals surface area contributed by atoms with Crippen molar-refractivity contribution in [3.63, 3.8) is 0 Å². The van der Waals surface area contributed by atoms with E-state index in [2.05, 4.69) is 10.6 Å². The number of anilines is 2. The van der Waals surface area contributed by atoms with E-state index in [-0.39, 0.29) is 5.02 Å². The molecule has 0 saturated heterocycles. The minimum Gasteiger partial charge on any atom is -0.306 e. The Labute approximate surface area is 135 Å². The lowest BCUT2D eigenvalue weighted by Gasteiger charge is -2.11. The first kappa shape index (κ1) is 15.3. The van der Waals surface area contributed by atoms with Crippen LogP contribution in [0.15, 0.2) is 36.4 Å². The van der Waals surface area contributed by atoms with Gasteiger partial charge in [-0.25, -0.2) is 4.79 Å². The van der Waals surface area contributed by atoms with Gasteiger partial charge in [0, 0.05) is 0 Å². The lowest BCUT2D eigenvalue weighted by atomic mass is 10.3. The van der Waals surface area contributed by atoms with Crippen molar-refractivity contribution < 1.29 is 4.79 Å². The Kier molecular flexibility index (Phi) is 5.00. The lowest BCUT2D eigenvalue weighted by Crippen LogP contribution is -2.20. The van der Waals surface area contributed by atoms with E-state index in [1.54, 1.807) is 36.4 Å². The molecule has 0 radical (unpaired) electrons. The number of carbonyl (C=O) groups excluding carboxylic acids is 1. The highest BCUT2D eigenvalue weighted by molar-refractivity contribution is 6.44. The maximum absolute atomic E-state index is 11.9.